The van der Waals surface area contributed by atoms with Crippen molar-refractivity contribution in [3.63, 3.8) is 0 Å². The van der Waals surface area contributed by atoms with Crippen LogP contribution >= 0.6 is 0 Å². The van der Waals surface area contributed by atoms with Crippen LogP contribution in [0.4, 0.5) is 26.3 Å². The van der Waals surface area contributed by atoms with Crippen molar-refractivity contribution in [1.29, 1.82) is 0 Å². The van der Waals surface area contributed by atoms with E-state index in [2.05, 4.69) is 4.74 Å². The van der Waals surface area contributed by atoms with Crippen molar-refractivity contribution in [3.8, 4) is 0 Å². The highest BCUT2D eigenvalue weighted by Gasteiger charge is 2.52. The Labute approximate surface area is 93.9 Å². The first-order valence-electron chi connectivity index (χ1n) is 4.49. The van der Waals surface area contributed by atoms with E-state index in [1.54, 1.807) is 0 Å². The standard InChI is InChI=1S/C9H12F6O2/c1-4(5(2)7(16)17-3)6(8(10,11)12)9(13,14)15/h5,7,16H,1-3H3. The molecule has 2 nitrogen and oxygen atoms in total. The second-order valence-electron chi connectivity index (χ2n) is 3.47. The molecule has 0 spiro atoms. The SMILES string of the molecule is COC(O)C(C)C(C)=C(C(F)(F)F)C(F)(F)F. The van der Waals surface area contributed by atoms with Crippen LogP contribution < -0.4 is 0 Å². The number of hydrogen-bond donors (Lipinski definition) is 1. The first kappa shape index (κ1) is 16.2. The lowest BCUT2D eigenvalue weighted by molar-refractivity contribution is -0.175. The van der Waals surface area contributed by atoms with Crippen LogP contribution in [0, 0.1) is 5.92 Å². The van der Waals surface area contributed by atoms with Gasteiger partial charge in [0.2, 0.25) is 0 Å². The molecule has 1 N–H and O–H groups in total. The van der Waals surface area contributed by atoms with Gasteiger partial charge in [0.15, 0.2) is 6.29 Å². The van der Waals surface area contributed by atoms with Crippen LogP contribution in [0.25, 0.3) is 0 Å². The fourth-order valence-corrected chi connectivity index (χ4v) is 1.25. The predicted octanol–water partition coefficient (Wildman–Crippen LogP) is 3.03. The van der Waals surface area contributed by atoms with Gasteiger partial charge >= 0.3 is 12.4 Å². The molecule has 0 aromatic rings. The van der Waals surface area contributed by atoms with Gasteiger partial charge in [0.25, 0.3) is 0 Å². The lowest BCUT2D eigenvalue weighted by atomic mass is 9.96. The Morgan fingerprint density at radius 1 is 1.06 bits per heavy atom. The lowest BCUT2D eigenvalue weighted by Crippen LogP contribution is -2.31. The third-order valence-corrected chi connectivity index (χ3v) is 2.31. The van der Waals surface area contributed by atoms with Gasteiger partial charge in [-0.15, -0.1) is 0 Å². The monoisotopic (exact) mass is 266 g/mol. The quantitative estimate of drug-likeness (QED) is 0.483. The van der Waals surface area contributed by atoms with E-state index in [1.807, 2.05) is 0 Å². The normalized spacial score (nSPS) is 16.6. The fraction of sp³-hybridized carbons (Fsp3) is 0.778. The Kier molecular flexibility index (Phi) is 5.02. The van der Waals surface area contributed by atoms with Gasteiger partial charge < -0.3 is 9.84 Å². The van der Waals surface area contributed by atoms with Crippen LogP contribution in [0.2, 0.25) is 0 Å². The molecule has 0 bridgehead atoms. The van der Waals surface area contributed by atoms with Crippen LogP contribution in [-0.2, 0) is 4.74 Å². The highest BCUT2D eigenvalue weighted by molar-refractivity contribution is 5.24. The molecule has 0 saturated carbocycles. The first-order valence-corrected chi connectivity index (χ1v) is 4.49. The summed E-state index contributed by atoms with van der Waals surface area (Å²) in [4.78, 5) is 0. The first-order chi connectivity index (χ1) is 7.42. The highest BCUT2D eigenvalue weighted by Crippen LogP contribution is 2.42. The molecule has 0 radical (unpaired) electrons. The van der Waals surface area contributed by atoms with Gasteiger partial charge in [0.05, 0.1) is 0 Å². The van der Waals surface area contributed by atoms with E-state index in [4.69, 9.17) is 5.11 Å². The zero-order chi connectivity index (χ0) is 14.0. The van der Waals surface area contributed by atoms with Crippen LogP contribution in [-0.4, -0.2) is 30.9 Å². The Hall–Kier alpha value is -0.760. The van der Waals surface area contributed by atoms with E-state index in [9.17, 15) is 26.3 Å². The molecular formula is C9H12F6O2. The number of hydrogen-bond acceptors (Lipinski definition) is 2. The molecule has 0 aliphatic heterocycles. The van der Waals surface area contributed by atoms with Gasteiger partial charge in [-0.05, 0) is 12.5 Å². The number of methoxy groups -OCH3 is 1. The van der Waals surface area contributed by atoms with Crippen molar-refractivity contribution >= 4 is 0 Å². The molecule has 0 aromatic carbocycles. The Bertz CT molecular complexity index is 275. The number of aliphatic hydroxyl groups excluding tert-OH is 1. The van der Waals surface area contributed by atoms with Gasteiger partial charge in [-0.25, -0.2) is 0 Å². The summed E-state index contributed by atoms with van der Waals surface area (Å²) in [5.74, 6) is -1.42. The summed E-state index contributed by atoms with van der Waals surface area (Å²) in [6.07, 6.45) is -12.8. The molecule has 0 amide bonds. The third kappa shape index (κ3) is 4.19. The smallest absolute Gasteiger partial charge is 0.367 e. The Morgan fingerprint density at radius 2 is 1.41 bits per heavy atom. The van der Waals surface area contributed by atoms with Crippen LogP contribution in [0.15, 0.2) is 11.1 Å². The molecule has 17 heavy (non-hydrogen) atoms. The molecule has 0 aliphatic rings. The third-order valence-electron chi connectivity index (χ3n) is 2.31. The van der Waals surface area contributed by atoms with Gasteiger partial charge in [-0.1, -0.05) is 6.92 Å². The second kappa shape index (κ2) is 5.26. The van der Waals surface area contributed by atoms with Crippen LogP contribution in [0.1, 0.15) is 13.8 Å². The van der Waals surface area contributed by atoms with Crippen molar-refractivity contribution in [3.05, 3.63) is 11.1 Å². The van der Waals surface area contributed by atoms with Gasteiger partial charge in [0.1, 0.15) is 5.57 Å². The summed E-state index contributed by atoms with van der Waals surface area (Å²) < 4.78 is 78.1. The number of alkyl halides is 6. The van der Waals surface area contributed by atoms with Gasteiger partial charge in [-0.3, -0.25) is 0 Å². The lowest BCUT2D eigenvalue weighted by Gasteiger charge is -2.24. The summed E-state index contributed by atoms with van der Waals surface area (Å²) in [6, 6.07) is 0. The Balaban J connectivity index is 5.57. The summed E-state index contributed by atoms with van der Waals surface area (Å²) >= 11 is 0. The van der Waals surface area contributed by atoms with Crippen molar-refractivity contribution in [2.24, 2.45) is 5.92 Å². The van der Waals surface area contributed by atoms with Crippen molar-refractivity contribution in [2.75, 3.05) is 7.11 Å². The largest absolute Gasteiger partial charge is 0.421 e. The van der Waals surface area contributed by atoms with Gasteiger partial charge in [0, 0.05) is 13.0 Å². The number of rotatable bonds is 3. The number of halogens is 6. The van der Waals surface area contributed by atoms with E-state index in [0.29, 0.717) is 6.92 Å². The minimum atomic E-state index is -5.52. The average Bonchev–Trinajstić information content (AvgIpc) is 2.10. The summed E-state index contributed by atoms with van der Waals surface area (Å²) in [6.45, 7) is 1.68. The highest BCUT2D eigenvalue weighted by atomic mass is 19.4. The zero-order valence-electron chi connectivity index (χ0n) is 9.28. The molecule has 0 saturated heterocycles. The predicted molar refractivity (Wildman–Crippen MR) is 47.0 cm³/mol. The molecule has 0 aromatic heterocycles. The zero-order valence-corrected chi connectivity index (χ0v) is 9.28. The van der Waals surface area contributed by atoms with E-state index < -0.39 is 35.7 Å². The number of allylic oxidation sites excluding steroid dienone is 1. The maximum absolute atomic E-state index is 12.3. The molecule has 102 valence electrons. The maximum Gasteiger partial charge on any atom is 0.421 e. The summed E-state index contributed by atoms with van der Waals surface area (Å²) in [5.41, 5.74) is -3.62. The van der Waals surface area contributed by atoms with Gasteiger partial charge in [-0.2, -0.15) is 26.3 Å². The van der Waals surface area contributed by atoms with Crippen LogP contribution in [0.3, 0.4) is 0 Å². The second-order valence-corrected chi connectivity index (χ2v) is 3.47. The molecule has 0 heterocycles. The van der Waals surface area contributed by atoms with Crippen LogP contribution in [0.5, 0.6) is 0 Å². The van der Waals surface area contributed by atoms with Crippen molar-refractivity contribution < 1.29 is 36.2 Å². The topological polar surface area (TPSA) is 29.5 Å². The van der Waals surface area contributed by atoms with Crippen molar-refractivity contribution in [1.82, 2.24) is 0 Å². The Morgan fingerprint density at radius 3 is 1.65 bits per heavy atom. The molecule has 0 aliphatic carbocycles. The average molecular weight is 266 g/mol. The van der Waals surface area contributed by atoms with E-state index in [0.717, 1.165) is 14.0 Å². The molecule has 8 heteroatoms. The molecule has 2 unspecified atom stereocenters. The summed E-state index contributed by atoms with van der Waals surface area (Å²) in [7, 11) is 0.981. The minimum Gasteiger partial charge on any atom is -0.367 e. The van der Waals surface area contributed by atoms with E-state index >= 15 is 0 Å². The fourth-order valence-electron chi connectivity index (χ4n) is 1.25. The van der Waals surface area contributed by atoms with Crippen molar-refractivity contribution in [2.45, 2.75) is 32.5 Å². The number of aliphatic hydroxyl groups is 1. The summed E-state index contributed by atoms with van der Waals surface area (Å²) in [5, 5.41) is 9.09. The molecule has 2 atom stereocenters. The number of ether oxygens (including phenoxy) is 1. The van der Waals surface area contributed by atoms with E-state index in [1.165, 1.54) is 0 Å². The maximum atomic E-state index is 12.3. The molecule has 0 fully saturated rings. The van der Waals surface area contributed by atoms with E-state index in [-0.39, 0.29) is 0 Å². The molecule has 0 rings (SSSR count). The molecular weight excluding hydrogens is 254 g/mol. The minimum absolute atomic E-state index is 0.670.